The zero-order chi connectivity index (χ0) is 26.6. The van der Waals surface area contributed by atoms with Crippen LogP contribution < -0.4 is 15.5 Å². The number of imidazole rings is 1. The number of benzene rings is 3. The minimum Gasteiger partial charge on any atom is -0.393 e. The summed E-state index contributed by atoms with van der Waals surface area (Å²) in [5.41, 5.74) is 5.36. The summed E-state index contributed by atoms with van der Waals surface area (Å²) < 4.78 is 0. The molecule has 1 fully saturated rings. The Balaban J connectivity index is 1.25. The highest BCUT2D eigenvalue weighted by Gasteiger charge is 2.18. The first-order valence-electron chi connectivity index (χ1n) is 13.1. The molecule has 0 radical (unpaired) electrons. The maximum atomic E-state index is 12.9. The average Bonchev–Trinajstić information content (AvgIpc) is 3.37. The van der Waals surface area contributed by atoms with Gasteiger partial charge < -0.3 is 25.6 Å². The molecule has 8 heteroatoms. The molecule has 0 bridgehead atoms. The smallest absolute Gasteiger partial charge is 0.255 e. The predicted molar refractivity (Wildman–Crippen MR) is 151 cm³/mol. The molecule has 1 aliphatic heterocycles. The van der Waals surface area contributed by atoms with Crippen LogP contribution in [-0.2, 0) is 0 Å². The van der Waals surface area contributed by atoms with Gasteiger partial charge in [-0.1, -0.05) is 19.1 Å². The Morgan fingerprint density at radius 3 is 2.34 bits per heavy atom. The van der Waals surface area contributed by atoms with Crippen molar-refractivity contribution in [2.75, 3.05) is 23.3 Å². The highest BCUT2D eigenvalue weighted by Crippen LogP contribution is 2.25. The second-order valence-electron chi connectivity index (χ2n) is 9.90. The molecule has 2 amide bonds. The lowest BCUT2D eigenvalue weighted by Crippen LogP contribution is -2.35. The quantitative estimate of drug-likeness (QED) is 0.280. The number of aliphatic hydroxyl groups excluding tert-OH is 1. The van der Waals surface area contributed by atoms with E-state index in [0.717, 1.165) is 54.6 Å². The van der Waals surface area contributed by atoms with Crippen molar-refractivity contribution in [3.8, 4) is 11.4 Å². The Morgan fingerprint density at radius 1 is 1.00 bits per heavy atom. The van der Waals surface area contributed by atoms with Gasteiger partial charge in [-0.15, -0.1) is 0 Å². The molecular weight excluding hydrogens is 478 g/mol. The van der Waals surface area contributed by atoms with Crippen LogP contribution in [0, 0.1) is 0 Å². The third-order valence-corrected chi connectivity index (χ3v) is 7.11. The van der Waals surface area contributed by atoms with Crippen molar-refractivity contribution in [3.63, 3.8) is 0 Å². The number of aliphatic hydroxyl groups is 1. The number of anilines is 2. The van der Waals surface area contributed by atoms with Gasteiger partial charge in [-0.3, -0.25) is 9.59 Å². The summed E-state index contributed by atoms with van der Waals surface area (Å²) in [7, 11) is 0. The van der Waals surface area contributed by atoms with Gasteiger partial charge in [0.05, 0.1) is 17.1 Å². The Bertz CT molecular complexity index is 1420. The number of rotatable bonds is 7. The standard InChI is InChI=1S/C30H33N5O3/c1-3-19(2)31-29(37)21-6-4-20(5-7-21)28-33-26-13-10-23(18-27(26)34-28)32-30(38)22-8-11-24(12-9-22)35-16-14-25(36)15-17-35/h4-13,18-19,25,36H,3,14-17H2,1-2H3,(H,31,37)(H,32,38)(H,33,34). The van der Waals surface area contributed by atoms with Crippen molar-refractivity contribution in [1.82, 2.24) is 15.3 Å². The number of aromatic nitrogens is 2. The van der Waals surface area contributed by atoms with Gasteiger partial charge in [0.2, 0.25) is 0 Å². The topological polar surface area (TPSA) is 110 Å². The Hall–Kier alpha value is -4.17. The number of piperidine rings is 1. The molecule has 5 rings (SSSR count). The minimum atomic E-state index is -0.215. The summed E-state index contributed by atoms with van der Waals surface area (Å²) in [4.78, 5) is 35.4. The first-order chi connectivity index (χ1) is 18.4. The van der Waals surface area contributed by atoms with Crippen LogP contribution in [0.3, 0.4) is 0 Å². The molecule has 1 aromatic heterocycles. The number of amides is 2. The van der Waals surface area contributed by atoms with E-state index in [1.807, 2.05) is 68.4 Å². The van der Waals surface area contributed by atoms with Gasteiger partial charge in [0.25, 0.3) is 11.8 Å². The van der Waals surface area contributed by atoms with E-state index in [9.17, 15) is 14.7 Å². The molecule has 196 valence electrons. The van der Waals surface area contributed by atoms with E-state index in [2.05, 4.69) is 20.5 Å². The van der Waals surface area contributed by atoms with E-state index < -0.39 is 0 Å². The van der Waals surface area contributed by atoms with Crippen LogP contribution in [0.5, 0.6) is 0 Å². The number of fused-ring (bicyclic) bond motifs is 1. The molecule has 1 saturated heterocycles. The summed E-state index contributed by atoms with van der Waals surface area (Å²) in [5.74, 6) is 0.419. The average molecular weight is 512 g/mol. The fourth-order valence-corrected chi connectivity index (χ4v) is 4.56. The molecular formula is C30H33N5O3. The Kier molecular flexibility index (Phi) is 7.42. The molecule has 2 heterocycles. The van der Waals surface area contributed by atoms with E-state index in [1.54, 1.807) is 12.1 Å². The maximum absolute atomic E-state index is 12.9. The van der Waals surface area contributed by atoms with Crippen LogP contribution in [-0.4, -0.2) is 52.1 Å². The van der Waals surface area contributed by atoms with Crippen molar-refractivity contribution in [2.45, 2.75) is 45.3 Å². The molecule has 0 spiro atoms. The first kappa shape index (κ1) is 25.5. The van der Waals surface area contributed by atoms with Gasteiger partial charge >= 0.3 is 0 Å². The predicted octanol–water partition coefficient (Wildman–Crippen LogP) is 4.97. The van der Waals surface area contributed by atoms with Crippen LogP contribution in [0.25, 0.3) is 22.4 Å². The van der Waals surface area contributed by atoms with E-state index in [1.165, 1.54) is 0 Å². The summed E-state index contributed by atoms with van der Waals surface area (Å²) in [6, 6.07) is 20.6. The van der Waals surface area contributed by atoms with Gasteiger partial charge in [-0.25, -0.2) is 4.98 Å². The van der Waals surface area contributed by atoms with E-state index in [4.69, 9.17) is 4.98 Å². The van der Waals surface area contributed by atoms with Crippen LogP contribution in [0.2, 0.25) is 0 Å². The molecule has 1 atom stereocenters. The van der Waals surface area contributed by atoms with E-state index in [-0.39, 0.29) is 24.0 Å². The SMILES string of the molecule is CCC(C)NC(=O)c1ccc(-c2nc3cc(NC(=O)c4ccc(N5CCC(O)CC5)cc4)ccc3[nH]2)cc1. The van der Waals surface area contributed by atoms with E-state index in [0.29, 0.717) is 22.6 Å². The lowest BCUT2D eigenvalue weighted by molar-refractivity contribution is 0.0938. The Labute approximate surface area is 222 Å². The van der Waals surface area contributed by atoms with E-state index >= 15 is 0 Å². The summed E-state index contributed by atoms with van der Waals surface area (Å²) >= 11 is 0. The first-order valence-corrected chi connectivity index (χ1v) is 13.1. The number of carbonyl (C=O) groups excluding carboxylic acids is 2. The van der Waals surface area contributed by atoms with Gasteiger partial charge in [0.1, 0.15) is 5.82 Å². The van der Waals surface area contributed by atoms with Crippen LogP contribution in [0.1, 0.15) is 53.8 Å². The van der Waals surface area contributed by atoms with Crippen molar-refractivity contribution in [1.29, 1.82) is 0 Å². The number of carbonyl (C=O) groups is 2. The monoisotopic (exact) mass is 511 g/mol. The number of nitrogens with one attached hydrogen (secondary N) is 3. The molecule has 38 heavy (non-hydrogen) atoms. The normalized spacial score (nSPS) is 14.9. The largest absolute Gasteiger partial charge is 0.393 e. The molecule has 0 aliphatic carbocycles. The fourth-order valence-electron chi connectivity index (χ4n) is 4.56. The van der Waals surface area contributed by atoms with Gasteiger partial charge in [0, 0.05) is 47.2 Å². The minimum absolute atomic E-state index is 0.0862. The molecule has 4 aromatic rings. The van der Waals surface area contributed by atoms with Gasteiger partial charge in [0.15, 0.2) is 0 Å². The maximum Gasteiger partial charge on any atom is 0.255 e. The second-order valence-corrected chi connectivity index (χ2v) is 9.90. The molecule has 0 saturated carbocycles. The number of hydrogen-bond acceptors (Lipinski definition) is 5. The van der Waals surface area contributed by atoms with Gasteiger partial charge in [-0.05, 0) is 80.8 Å². The zero-order valence-corrected chi connectivity index (χ0v) is 21.7. The van der Waals surface area contributed by atoms with Crippen molar-refractivity contribution >= 4 is 34.2 Å². The third kappa shape index (κ3) is 5.70. The number of H-pyrrole nitrogens is 1. The zero-order valence-electron chi connectivity index (χ0n) is 21.7. The molecule has 3 aromatic carbocycles. The second kappa shape index (κ2) is 11.1. The fraction of sp³-hybridized carbons (Fsp3) is 0.300. The third-order valence-electron chi connectivity index (χ3n) is 7.11. The summed E-state index contributed by atoms with van der Waals surface area (Å²) in [5, 5.41) is 15.6. The van der Waals surface area contributed by atoms with Crippen LogP contribution >= 0.6 is 0 Å². The van der Waals surface area contributed by atoms with Crippen LogP contribution in [0.15, 0.2) is 66.7 Å². The number of nitrogens with zero attached hydrogens (tertiary/aromatic N) is 2. The lowest BCUT2D eigenvalue weighted by atomic mass is 10.1. The summed E-state index contributed by atoms with van der Waals surface area (Å²) in [6.07, 6.45) is 2.19. The number of aromatic amines is 1. The summed E-state index contributed by atoms with van der Waals surface area (Å²) in [6.45, 7) is 5.65. The highest BCUT2D eigenvalue weighted by molar-refractivity contribution is 6.05. The van der Waals surface area contributed by atoms with Crippen LogP contribution in [0.4, 0.5) is 11.4 Å². The lowest BCUT2D eigenvalue weighted by Gasteiger charge is -2.31. The molecule has 1 aliphatic rings. The molecule has 4 N–H and O–H groups in total. The van der Waals surface area contributed by atoms with Crippen molar-refractivity contribution in [2.24, 2.45) is 0 Å². The van der Waals surface area contributed by atoms with Gasteiger partial charge in [-0.2, -0.15) is 0 Å². The molecule has 8 nitrogen and oxygen atoms in total. The molecule has 1 unspecified atom stereocenters. The Morgan fingerprint density at radius 2 is 1.66 bits per heavy atom. The van der Waals surface area contributed by atoms with Crippen molar-refractivity contribution in [3.05, 3.63) is 77.9 Å². The van der Waals surface area contributed by atoms with Crippen molar-refractivity contribution < 1.29 is 14.7 Å². The number of hydrogen-bond donors (Lipinski definition) is 4. The highest BCUT2D eigenvalue weighted by atomic mass is 16.3.